The number of aromatic nitrogens is 2. The van der Waals surface area contributed by atoms with Crippen molar-refractivity contribution in [2.45, 2.75) is 18.8 Å². The molecule has 3 aromatic rings. The van der Waals surface area contributed by atoms with Gasteiger partial charge in [-0.15, -0.1) is 0 Å². The molecule has 5 rings (SSSR count). The number of nitrogens with one attached hydrogen (secondary N) is 3. The Hall–Kier alpha value is -2.87. The van der Waals surface area contributed by atoms with Crippen LogP contribution in [0.4, 0.5) is 30.4 Å². The van der Waals surface area contributed by atoms with Gasteiger partial charge in [0.15, 0.2) is 11.6 Å². The Labute approximate surface area is 175 Å². The molecule has 1 aromatic carbocycles. The van der Waals surface area contributed by atoms with Crippen molar-refractivity contribution in [2.24, 2.45) is 5.41 Å². The van der Waals surface area contributed by atoms with Crippen LogP contribution >= 0.6 is 11.6 Å². The number of halogens is 4. The largest absolute Gasteiger partial charge is 0.359 e. The Morgan fingerprint density at radius 1 is 1.20 bits per heavy atom. The highest BCUT2D eigenvalue weighted by Gasteiger charge is 2.62. The molecule has 3 N–H and O–H groups in total. The maximum absolute atomic E-state index is 14.6. The molecule has 0 unspecified atom stereocenters. The summed E-state index contributed by atoms with van der Waals surface area (Å²) in [6.07, 6.45) is 3.04. The number of fused-ring (bicyclic) bond motifs is 1. The van der Waals surface area contributed by atoms with Crippen molar-refractivity contribution in [2.75, 3.05) is 28.6 Å². The Balaban J connectivity index is 1.23. The second-order valence-electron chi connectivity index (χ2n) is 8.22. The van der Waals surface area contributed by atoms with Gasteiger partial charge >= 0.3 is 0 Å². The Bertz CT molecular complexity index is 1140. The number of anilines is 3. The van der Waals surface area contributed by atoms with Crippen LogP contribution < -0.4 is 15.5 Å². The summed E-state index contributed by atoms with van der Waals surface area (Å²) < 4.78 is 40.8. The van der Waals surface area contributed by atoms with Gasteiger partial charge < -0.3 is 20.5 Å². The van der Waals surface area contributed by atoms with Gasteiger partial charge in [0.05, 0.1) is 17.6 Å². The summed E-state index contributed by atoms with van der Waals surface area (Å²) in [6.45, 7) is 4.75. The topological polar surface area (TPSA) is 56.0 Å². The number of pyridine rings is 1. The molecule has 156 valence electrons. The van der Waals surface area contributed by atoms with Crippen LogP contribution in [0.25, 0.3) is 10.9 Å². The number of alkyl halides is 2. The van der Waals surface area contributed by atoms with E-state index in [1.165, 1.54) is 12.3 Å². The predicted octanol–water partition coefficient (Wildman–Crippen LogP) is 5.59. The normalized spacial score (nSPS) is 18.7. The Morgan fingerprint density at radius 3 is 2.67 bits per heavy atom. The zero-order chi connectivity index (χ0) is 21.1. The van der Waals surface area contributed by atoms with Crippen molar-refractivity contribution in [1.82, 2.24) is 9.97 Å². The van der Waals surface area contributed by atoms with Crippen molar-refractivity contribution in [3.8, 4) is 0 Å². The van der Waals surface area contributed by atoms with Crippen molar-refractivity contribution < 1.29 is 13.2 Å². The lowest BCUT2D eigenvalue weighted by Crippen LogP contribution is -2.66. The highest BCUT2D eigenvalue weighted by Crippen LogP contribution is 2.57. The van der Waals surface area contributed by atoms with Gasteiger partial charge in [0, 0.05) is 59.5 Å². The summed E-state index contributed by atoms with van der Waals surface area (Å²) in [5, 5.41) is 7.62. The molecule has 0 amide bonds. The second-order valence-corrected chi connectivity index (χ2v) is 8.65. The molecule has 2 aliphatic rings. The molecule has 1 saturated carbocycles. The molecule has 0 radical (unpaired) electrons. The van der Waals surface area contributed by atoms with E-state index < -0.39 is 11.7 Å². The molecule has 0 atom stereocenters. The lowest BCUT2D eigenvalue weighted by molar-refractivity contribution is -0.170. The number of rotatable bonds is 5. The first-order valence-electron chi connectivity index (χ1n) is 9.50. The maximum atomic E-state index is 14.6. The highest BCUT2D eigenvalue weighted by molar-refractivity contribution is 6.31. The lowest BCUT2D eigenvalue weighted by Gasteiger charge is -2.58. The molecule has 1 aliphatic carbocycles. The third-order valence-electron chi connectivity index (χ3n) is 5.67. The Morgan fingerprint density at radius 2 is 1.97 bits per heavy atom. The van der Waals surface area contributed by atoms with Gasteiger partial charge in [-0.3, -0.25) is 0 Å². The van der Waals surface area contributed by atoms with Gasteiger partial charge in [-0.25, -0.2) is 18.2 Å². The smallest absolute Gasteiger partial charge is 0.249 e. The number of hydrogen-bond acceptors (Lipinski definition) is 4. The summed E-state index contributed by atoms with van der Waals surface area (Å²) in [6, 6.07) is 6.82. The number of H-pyrrole nitrogens is 1. The monoisotopic (exact) mass is 433 g/mol. The molecule has 2 aromatic heterocycles. The Kier molecular flexibility index (Phi) is 4.18. The fourth-order valence-electron chi connectivity index (χ4n) is 4.48. The molecular formula is C21H19ClF3N5. The number of nitrogens with zero attached hydrogens (tertiary/aromatic N) is 2. The first kappa shape index (κ1) is 19.1. The van der Waals surface area contributed by atoms with Crippen molar-refractivity contribution >= 4 is 39.7 Å². The first-order valence-corrected chi connectivity index (χ1v) is 9.88. The fraction of sp³-hybridized carbons (Fsp3) is 0.286. The number of hydrogen-bond donors (Lipinski definition) is 3. The zero-order valence-electron chi connectivity index (χ0n) is 15.9. The first-order chi connectivity index (χ1) is 14.2. The van der Waals surface area contributed by atoms with E-state index in [2.05, 4.69) is 27.2 Å². The molecule has 9 heteroatoms. The van der Waals surface area contributed by atoms with Crippen LogP contribution in [-0.2, 0) is 0 Å². The zero-order valence-corrected chi connectivity index (χ0v) is 16.7. The van der Waals surface area contributed by atoms with Gasteiger partial charge in [0.25, 0.3) is 0 Å². The van der Waals surface area contributed by atoms with Crippen LogP contribution in [0.2, 0.25) is 5.02 Å². The van der Waals surface area contributed by atoms with Crippen molar-refractivity contribution in [1.29, 1.82) is 0 Å². The highest BCUT2D eigenvalue weighted by atomic mass is 35.5. The summed E-state index contributed by atoms with van der Waals surface area (Å²) >= 11 is 6.06. The summed E-state index contributed by atoms with van der Waals surface area (Å²) in [7, 11) is 0. The van der Waals surface area contributed by atoms with E-state index in [0.29, 0.717) is 29.6 Å². The minimum absolute atomic E-state index is 0.123. The van der Waals surface area contributed by atoms with Crippen LogP contribution in [0.5, 0.6) is 0 Å². The molecule has 1 saturated heterocycles. The van der Waals surface area contributed by atoms with Gasteiger partial charge in [0.1, 0.15) is 5.82 Å². The average Bonchev–Trinajstić information content (AvgIpc) is 3.00. The van der Waals surface area contributed by atoms with Gasteiger partial charge in [0.2, 0.25) is 5.92 Å². The fourth-order valence-corrected chi connectivity index (χ4v) is 4.65. The molecule has 2 fully saturated rings. The molecule has 0 bridgehead atoms. The number of benzene rings is 1. The predicted molar refractivity (Wildman–Crippen MR) is 113 cm³/mol. The molecule has 5 nitrogen and oxygen atoms in total. The van der Waals surface area contributed by atoms with E-state index in [0.717, 1.165) is 16.6 Å². The molecule has 1 aliphatic heterocycles. The third kappa shape index (κ3) is 3.35. The molecule has 1 spiro atoms. The average molecular weight is 434 g/mol. The van der Waals surface area contributed by atoms with Crippen molar-refractivity contribution in [3.63, 3.8) is 0 Å². The van der Waals surface area contributed by atoms with Crippen LogP contribution in [0.15, 0.2) is 49.1 Å². The van der Waals surface area contributed by atoms with E-state index in [4.69, 9.17) is 11.6 Å². The number of aromatic amines is 1. The van der Waals surface area contributed by atoms with Gasteiger partial charge in [-0.1, -0.05) is 18.2 Å². The van der Waals surface area contributed by atoms with Crippen LogP contribution in [0, 0.1) is 11.2 Å². The quantitative estimate of drug-likeness (QED) is 0.491. The SMILES string of the molecule is C=C(Nc1cnc(N2CC3(C2)CC(F)(F)C3)c(F)c1)Nc1c[nH]c2ccc(Cl)cc12. The third-order valence-corrected chi connectivity index (χ3v) is 5.90. The van der Waals surface area contributed by atoms with E-state index in [9.17, 15) is 13.2 Å². The minimum Gasteiger partial charge on any atom is -0.359 e. The van der Waals surface area contributed by atoms with Crippen LogP contribution in [0.1, 0.15) is 12.8 Å². The van der Waals surface area contributed by atoms with Gasteiger partial charge in [-0.2, -0.15) is 0 Å². The molecule has 30 heavy (non-hydrogen) atoms. The molecule has 3 heterocycles. The van der Waals surface area contributed by atoms with E-state index in [1.807, 2.05) is 12.1 Å². The second kappa shape index (κ2) is 6.57. The summed E-state index contributed by atoms with van der Waals surface area (Å²) in [5.41, 5.74) is 1.74. The minimum atomic E-state index is -2.57. The van der Waals surface area contributed by atoms with Crippen LogP contribution in [-0.4, -0.2) is 29.0 Å². The van der Waals surface area contributed by atoms with E-state index in [-0.39, 0.29) is 24.1 Å². The standard InChI is InChI=1S/C21H19ClF3N5/c1-12(29-18-7-26-17-3-2-13(22)4-15(17)18)28-14-5-16(23)19(27-6-14)30-10-20(11-30)8-21(24,25)9-20/h2-7,26,28-29H,1,8-11H2. The van der Waals surface area contributed by atoms with E-state index >= 15 is 0 Å². The van der Waals surface area contributed by atoms with Gasteiger partial charge in [-0.05, 0) is 18.2 Å². The maximum Gasteiger partial charge on any atom is 0.249 e. The van der Waals surface area contributed by atoms with Crippen LogP contribution in [0.3, 0.4) is 0 Å². The van der Waals surface area contributed by atoms with E-state index in [1.54, 1.807) is 17.2 Å². The summed E-state index contributed by atoms with van der Waals surface area (Å²) in [4.78, 5) is 9.02. The lowest BCUT2D eigenvalue weighted by atomic mass is 9.61. The summed E-state index contributed by atoms with van der Waals surface area (Å²) in [5.74, 6) is -2.46. The van der Waals surface area contributed by atoms with Crippen molar-refractivity contribution in [3.05, 3.63) is 59.9 Å². The molecular weight excluding hydrogens is 415 g/mol.